The number of benzene rings is 2. The van der Waals surface area contributed by atoms with Crippen LogP contribution in [0.5, 0.6) is 23.0 Å². The van der Waals surface area contributed by atoms with Gasteiger partial charge in [-0.15, -0.1) is 0 Å². The number of ether oxygens (including phenoxy) is 4. The summed E-state index contributed by atoms with van der Waals surface area (Å²) < 4.78 is 24.5. The van der Waals surface area contributed by atoms with E-state index in [4.69, 9.17) is 18.9 Å². The van der Waals surface area contributed by atoms with Gasteiger partial charge in [0, 0.05) is 37.1 Å². The van der Waals surface area contributed by atoms with Crippen LogP contribution in [0.4, 0.5) is 0 Å². The highest BCUT2D eigenvalue weighted by Gasteiger charge is 2.29. The molecular weight excluding hydrogens is 392 g/mol. The Morgan fingerprint density at radius 2 is 1.58 bits per heavy atom. The minimum atomic E-state index is 0.0770. The zero-order chi connectivity index (χ0) is 21.8. The molecule has 31 heavy (non-hydrogen) atoms. The van der Waals surface area contributed by atoms with Crippen LogP contribution in [-0.2, 0) is 13.1 Å². The van der Waals surface area contributed by atoms with Crippen molar-refractivity contribution in [2.45, 2.75) is 25.6 Å². The predicted molar refractivity (Wildman–Crippen MR) is 120 cm³/mol. The molecule has 3 aromatic rings. The predicted octanol–water partition coefficient (Wildman–Crippen LogP) is 4.52. The second-order valence-corrected chi connectivity index (χ2v) is 7.65. The zero-order valence-electron chi connectivity index (χ0n) is 18.6. The maximum atomic E-state index is 5.66. The number of hydrogen-bond acceptors (Lipinski definition) is 5. The fourth-order valence-corrected chi connectivity index (χ4v) is 4.44. The molecule has 0 amide bonds. The van der Waals surface area contributed by atoms with Gasteiger partial charge in [-0.3, -0.25) is 4.90 Å². The van der Waals surface area contributed by atoms with Crippen molar-refractivity contribution in [1.82, 2.24) is 9.47 Å². The molecule has 1 unspecified atom stereocenters. The SMILES string of the molecule is COc1ccc(OC)c(CN2CCCn3cccc3C2c2ccc(OC)c(OC)c2)c1. The Morgan fingerprint density at radius 3 is 2.32 bits per heavy atom. The van der Waals surface area contributed by atoms with Gasteiger partial charge >= 0.3 is 0 Å². The molecule has 0 radical (unpaired) electrons. The average Bonchev–Trinajstić information content (AvgIpc) is 3.19. The monoisotopic (exact) mass is 422 g/mol. The van der Waals surface area contributed by atoms with Crippen molar-refractivity contribution >= 4 is 0 Å². The van der Waals surface area contributed by atoms with Crippen LogP contribution in [0.1, 0.15) is 29.3 Å². The van der Waals surface area contributed by atoms with E-state index in [-0.39, 0.29) is 6.04 Å². The molecule has 0 spiro atoms. The molecule has 1 aliphatic heterocycles. The molecule has 6 heteroatoms. The fourth-order valence-electron chi connectivity index (χ4n) is 4.44. The molecule has 164 valence electrons. The summed E-state index contributed by atoms with van der Waals surface area (Å²) in [6.07, 6.45) is 3.23. The summed E-state index contributed by atoms with van der Waals surface area (Å²) in [6.45, 7) is 2.70. The number of nitrogens with zero attached hydrogens (tertiary/aromatic N) is 2. The quantitative estimate of drug-likeness (QED) is 0.560. The second-order valence-electron chi connectivity index (χ2n) is 7.65. The lowest BCUT2D eigenvalue weighted by Gasteiger charge is -2.31. The highest BCUT2D eigenvalue weighted by Crippen LogP contribution is 2.38. The molecule has 0 aliphatic carbocycles. The van der Waals surface area contributed by atoms with Crippen LogP contribution in [0.15, 0.2) is 54.7 Å². The summed E-state index contributed by atoms with van der Waals surface area (Å²) in [5.74, 6) is 3.17. The van der Waals surface area contributed by atoms with Gasteiger partial charge in [0.15, 0.2) is 11.5 Å². The zero-order valence-corrected chi connectivity index (χ0v) is 18.6. The first-order chi connectivity index (χ1) is 15.2. The standard InChI is InChI=1S/C25H30N2O4/c1-28-20-9-11-22(29-2)19(15-20)17-27-14-6-13-26-12-5-7-21(26)25(27)18-8-10-23(30-3)24(16-18)31-4/h5,7-12,15-16,25H,6,13-14,17H2,1-4H3. The van der Waals surface area contributed by atoms with Crippen LogP contribution in [0.2, 0.25) is 0 Å². The minimum Gasteiger partial charge on any atom is -0.497 e. The van der Waals surface area contributed by atoms with Crippen molar-refractivity contribution in [3.05, 3.63) is 71.5 Å². The topological polar surface area (TPSA) is 45.1 Å². The van der Waals surface area contributed by atoms with Crippen molar-refractivity contribution in [3.8, 4) is 23.0 Å². The number of fused-ring (bicyclic) bond motifs is 1. The van der Waals surface area contributed by atoms with E-state index in [1.165, 1.54) is 11.3 Å². The molecule has 1 aromatic heterocycles. The summed E-state index contributed by atoms with van der Waals surface area (Å²) in [5, 5.41) is 0. The highest BCUT2D eigenvalue weighted by atomic mass is 16.5. The first-order valence-corrected chi connectivity index (χ1v) is 10.5. The molecule has 0 bridgehead atoms. The van der Waals surface area contributed by atoms with Crippen molar-refractivity contribution in [1.29, 1.82) is 0 Å². The first-order valence-electron chi connectivity index (χ1n) is 10.5. The third kappa shape index (κ3) is 4.21. The smallest absolute Gasteiger partial charge is 0.161 e. The lowest BCUT2D eigenvalue weighted by Crippen LogP contribution is -2.29. The molecule has 6 nitrogen and oxygen atoms in total. The Labute approximate surface area is 183 Å². The Kier molecular flexibility index (Phi) is 6.37. The van der Waals surface area contributed by atoms with Crippen molar-refractivity contribution < 1.29 is 18.9 Å². The molecule has 2 heterocycles. The summed E-state index contributed by atoms with van der Waals surface area (Å²) >= 11 is 0. The summed E-state index contributed by atoms with van der Waals surface area (Å²) in [4.78, 5) is 2.50. The van der Waals surface area contributed by atoms with E-state index in [9.17, 15) is 0 Å². The molecule has 2 aromatic carbocycles. The van der Waals surface area contributed by atoms with E-state index in [1.807, 2.05) is 18.2 Å². The van der Waals surface area contributed by atoms with E-state index in [0.29, 0.717) is 0 Å². The van der Waals surface area contributed by atoms with Gasteiger partial charge in [0.2, 0.25) is 0 Å². The van der Waals surface area contributed by atoms with Crippen molar-refractivity contribution in [2.75, 3.05) is 35.0 Å². The largest absolute Gasteiger partial charge is 0.497 e. The summed E-state index contributed by atoms with van der Waals surface area (Å²) in [5.41, 5.74) is 3.54. The van der Waals surface area contributed by atoms with Gasteiger partial charge < -0.3 is 23.5 Å². The normalized spacial score (nSPS) is 16.3. The van der Waals surface area contributed by atoms with Gasteiger partial charge in [-0.2, -0.15) is 0 Å². The number of hydrogen-bond donors (Lipinski definition) is 0. The Morgan fingerprint density at radius 1 is 0.806 bits per heavy atom. The molecule has 1 aliphatic rings. The first kappa shape index (κ1) is 21.1. The molecule has 0 saturated carbocycles. The molecule has 4 rings (SSSR count). The van der Waals surface area contributed by atoms with Gasteiger partial charge in [-0.25, -0.2) is 0 Å². The van der Waals surface area contributed by atoms with Crippen LogP contribution in [0.3, 0.4) is 0 Å². The van der Waals surface area contributed by atoms with Crippen LogP contribution < -0.4 is 18.9 Å². The maximum Gasteiger partial charge on any atom is 0.161 e. The molecule has 0 saturated heterocycles. The van der Waals surface area contributed by atoms with Gasteiger partial charge in [-0.05, 0) is 54.4 Å². The lowest BCUT2D eigenvalue weighted by atomic mass is 10.00. The summed E-state index contributed by atoms with van der Waals surface area (Å²) in [6, 6.07) is 16.6. The molecule has 1 atom stereocenters. The summed E-state index contributed by atoms with van der Waals surface area (Å²) in [7, 11) is 6.74. The number of methoxy groups -OCH3 is 4. The number of rotatable bonds is 7. The van der Waals surface area contributed by atoms with E-state index < -0.39 is 0 Å². The Bertz CT molecular complexity index is 1030. The van der Waals surface area contributed by atoms with Crippen LogP contribution in [0, 0.1) is 0 Å². The van der Waals surface area contributed by atoms with E-state index >= 15 is 0 Å². The average molecular weight is 423 g/mol. The van der Waals surface area contributed by atoms with Crippen molar-refractivity contribution in [2.24, 2.45) is 0 Å². The Hall–Kier alpha value is -3.12. The second kappa shape index (κ2) is 9.35. The van der Waals surface area contributed by atoms with Gasteiger partial charge in [0.1, 0.15) is 11.5 Å². The third-order valence-electron chi connectivity index (χ3n) is 5.94. The number of aryl methyl sites for hydroxylation is 1. The van der Waals surface area contributed by atoms with E-state index in [1.54, 1.807) is 28.4 Å². The lowest BCUT2D eigenvalue weighted by molar-refractivity contribution is 0.216. The van der Waals surface area contributed by atoms with Gasteiger partial charge in [0.05, 0.1) is 34.5 Å². The van der Waals surface area contributed by atoms with Crippen molar-refractivity contribution in [3.63, 3.8) is 0 Å². The van der Waals surface area contributed by atoms with E-state index in [0.717, 1.165) is 54.6 Å². The fraction of sp³-hybridized carbons (Fsp3) is 0.360. The highest BCUT2D eigenvalue weighted by molar-refractivity contribution is 5.46. The Balaban J connectivity index is 1.78. The van der Waals surface area contributed by atoms with Crippen LogP contribution in [-0.4, -0.2) is 44.5 Å². The minimum absolute atomic E-state index is 0.0770. The maximum absolute atomic E-state index is 5.66. The number of aromatic nitrogens is 1. The van der Waals surface area contributed by atoms with Crippen LogP contribution >= 0.6 is 0 Å². The van der Waals surface area contributed by atoms with E-state index in [2.05, 4.69) is 46.0 Å². The third-order valence-corrected chi connectivity index (χ3v) is 5.94. The molecule has 0 N–H and O–H groups in total. The van der Waals surface area contributed by atoms with Crippen LogP contribution in [0.25, 0.3) is 0 Å². The van der Waals surface area contributed by atoms with Gasteiger partial charge in [0.25, 0.3) is 0 Å². The van der Waals surface area contributed by atoms with Gasteiger partial charge in [-0.1, -0.05) is 6.07 Å². The molecular formula is C25H30N2O4. The molecule has 0 fully saturated rings.